The van der Waals surface area contributed by atoms with E-state index in [1.54, 1.807) is 0 Å². The van der Waals surface area contributed by atoms with Crippen LogP contribution in [0.5, 0.6) is 0 Å². The maximum absolute atomic E-state index is 14.4. The van der Waals surface area contributed by atoms with Crippen LogP contribution in [0.3, 0.4) is 0 Å². The zero-order valence-electron chi connectivity index (χ0n) is 11.9. The van der Waals surface area contributed by atoms with Crippen molar-refractivity contribution in [1.82, 2.24) is 14.3 Å². The highest BCUT2D eigenvalue weighted by molar-refractivity contribution is 7.88. The molecule has 0 radical (unpaired) electrons. The van der Waals surface area contributed by atoms with E-state index in [9.17, 15) is 22.4 Å². The fraction of sp³-hybridized carbons (Fsp3) is 0.636. The molecular weight excluding hydrogens is 321 g/mol. The lowest BCUT2D eigenvalue weighted by Gasteiger charge is -2.17. The first-order chi connectivity index (χ1) is 10.2. The van der Waals surface area contributed by atoms with Crippen LogP contribution in [0.1, 0.15) is 6.23 Å². The molecule has 1 aromatic heterocycles. The third-order valence-electron chi connectivity index (χ3n) is 3.21. The second kappa shape index (κ2) is 6.28. The van der Waals surface area contributed by atoms with Crippen molar-refractivity contribution >= 4 is 10.0 Å². The average Bonchev–Trinajstić information content (AvgIpc) is 2.72. The van der Waals surface area contributed by atoms with Crippen LogP contribution in [0.15, 0.2) is 21.9 Å². The lowest BCUT2D eigenvalue weighted by Crippen LogP contribution is -2.39. The first-order valence-corrected chi connectivity index (χ1v) is 8.20. The van der Waals surface area contributed by atoms with Gasteiger partial charge in [-0.3, -0.25) is 14.3 Å². The van der Waals surface area contributed by atoms with Crippen molar-refractivity contribution in [2.75, 3.05) is 19.9 Å². The van der Waals surface area contributed by atoms with E-state index >= 15 is 0 Å². The van der Waals surface area contributed by atoms with E-state index in [0.29, 0.717) is 0 Å². The van der Waals surface area contributed by atoms with Gasteiger partial charge in [0.15, 0.2) is 12.4 Å². The molecule has 0 bridgehead atoms. The average molecular weight is 337 g/mol. The first kappa shape index (κ1) is 16.8. The number of alkyl halides is 1. The molecule has 0 amide bonds. The third kappa shape index (κ3) is 3.61. The molecule has 124 valence electrons. The van der Waals surface area contributed by atoms with Crippen LogP contribution in [-0.2, 0) is 19.5 Å². The van der Waals surface area contributed by atoms with Gasteiger partial charge in [0.2, 0.25) is 10.0 Å². The Labute approximate surface area is 125 Å². The van der Waals surface area contributed by atoms with Crippen LogP contribution in [0.2, 0.25) is 0 Å². The summed E-state index contributed by atoms with van der Waals surface area (Å²) in [7, 11) is -2.22. The summed E-state index contributed by atoms with van der Waals surface area (Å²) in [5, 5.41) is 0. The van der Waals surface area contributed by atoms with E-state index in [4.69, 9.17) is 9.47 Å². The molecule has 9 nitrogen and oxygen atoms in total. The van der Waals surface area contributed by atoms with Crippen molar-refractivity contribution < 1.29 is 22.3 Å². The summed E-state index contributed by atoms with van der Waals surface area (Å²) >= 11 is 0. The second-order valence-corrected chi connectivity index (χ2v) is 6.68. The molecule has 1 aliphatic rings. The summed E-state index contributed by atoms with van der Waals surface area (Å²) in [6.45, 7) is -0.202. The maximum Gasteiger partial charge on any atom is 0.330 e. The van der Waals surface area contributed by atoms with Crippen molar-refractivity contribution in [2.45, 2.75) is 24.6 Å². The highest BCUT2D eigenvalue weighted by Gasteiger charge is 2.46. The first-order valence-electron chi connectivity index (χ1n) is 6.31. The van der Waals surface area contributed by atoms with Gasteiger partial charge in [-0.05, 0) is 0 Å². The summed E-state index contributed by atoms with van der Waals surface area (Å²) in [6, 6.07) is 1.06. The predicted molar refractivity (Wildman–Crippen MR) is 73.8 cm³/mol. The molecule has 0 saturated carbocycles. The lowest BCUT2D eigenvalue weighted by molar-refractivity contribution is -0.0277. The van der Waals surface area contributed by atoms with Gasteiger partial charge in [-0.2, -0.15) is 0 Å². The van der Waals surface area contributed by atoms with Crippen LogP contribution in [0, 0.1) is 0 Å². The molecular formula is C11H16FN3O6S. The van der Waals surface area contributed by atoms with Crippen LogP contribution in [0.4, 0.5) is 4.39 Å². The smallest absolute Gasteiger partial charge is 0.330 e. The zero-order chi connectivity index (χ0) is 16.5. The number of aromatic amines is 1. The van der Waals surface area contributed by atoms with Crippen molar-refractivity contribution in [2.24, 2.45) is 0 Å². The molecule has 0 unspecified atom stereocenters. The fourth-order valence-corrected chi connectivity index (χ4v) is 2.69. The van der Waals surface area contributed by atoms with E-state index in [2.05, 4.69) is 4.72 Å². The van der Waals surface area contributed by atoms with Gasteiger partial charge in [0.25, 0.3) is 5.56 Å². The minimum absolute atomic E-state index is 0.202. The van der Waals surface area contributed by atoms with Gasteiger partial charge in [0.1, 0.15) is 12.2 Å². The third-order valence-corrected chi connectivity index (χ3v) is 3.90. The lowest BCUT2D eigenvalue weighted by atomic mass is 10.1. The molecule has 0 aliphatic carbocycles. The number of sulfonamides is 1. The zero-order valence-corrected chi connectivity index (χ0v) is 12.7. The van der Waals surface area contributed by atoms with Gasteiger partial charge >= 0.3 is 5.69 Å². The number of rotatable bonds is 5. The Morgan fingerprint density at radius 2 is 2.18 bits per heavy atom. The van der Waals surface area contributed by atoms with Crippen LogP contribution in [-0.4, -0.2) is 56.3 Å². The summed E-state index contributed by atoms with van der Waals surface area (Å²) < 4.78 is 50.1. The summed E-state index contributed by atoms with van der Waals surface area (Å²) in [6.07, 6.45) is -2.93. The van der Waals surface area contributed by atoms with Crippen LogP contribution < -0.4 is 16.0 Å². The Morgan fingerprint density at radius 3 is 2.73 bits per heavy atom. The topological polar surface area (TPSA) is 119 Å². The molecule has 2 N–H and O–H groups in total. The monoisotopic (exact) mass is 337 g/mol. The number of ether oxygens (including phenoxy) is 2. The normalized spacial score (nSPS) is 28.9. The van der Waals surface area contributed by atoms with Gasteiger partial charge in [0.05, 0.1) is 6.26 Å². The molecule has 0 spiro atoms. The standard InChI is InChI=1S/C11H16FN3O6S/c1-20-9-6(5-13-22(2,18)19)21-10(8(9)12)15-4-3-7(16)14-11(15)17/h3-4,6,8-10,13H,5H2,1-2H3,(H,14,16,17)/t6-,8-,9-,10-/m1/s1. The summed E-state index contributed by atoms with van der Waals surface area (Å²) in [5.41, 5.74) is -1.44. The van der Waals surface area contributed by atoms with Gasteiger partial charge in [0, 0.05) is 25.9 Å². The maximum atomic E-state index is 14.4. The Hall–Kier alpha value is -1.56. The minimum Gasteiger partial charge on any atom is -0.375 e. The van der Waals surface area contributed by atoms with Gasteiger partial charge in [-0.25, -0.2) is 22.3 Å². The number of hydrogen-bond donors (Lipinski definition) is 2. The fourth-order valence-electron chi connectivity index (χ4n) is 2.23. The molecule has 2 rings (SSSR count). The molecule has 1 aromatic rings. The summed E-state index contributed by atoms with van der Waals surface area (Å²) in [5.74, 6) is 0. The molecule has 1 aliphatic heterocycles. The SMILES string of the molecule is CO[C@H]1[C@@H](F)[C@H](n2ccc(=O)[nH]c2=O)O[C@@H]1CNS(C)(=O)=O. The van der Waals surface area contributed by atoms with Gasteiger partial charge in [-0.1, -0.05) is 0 Å². The van der Waals surface area contributed by atoms with E-state index in [0.717, 1.165) is 23.1 Å². The quantitative estimate of drug-likeness (QED) is 0.663. The van der Waals surface area contributed by atoms with Crippen LogP contribution >= 0.6 is 0 Å². The van der Waals surface area contributed by atoms with Gasteiger partial charge in [-0.15, -0.1) is 0 Å². The van der Waals surface area contributed by atoms with E-state index in [-0.39, 0.29) is 6.54 Å². The molecule has 1 saturated heterocycles. The number of aromatic nitrogens is 2. The summed E-state index contributed by atoms with van der Waals surface area (Å²) in [4.78, 5) is 24.7. The van der Waals surface area contributed by atoms with Crippen molar-refractivity contribution in [3.8, 4) is 0 Å². The minimum atomic E-state index is -3.48. The number of nitrogens with zero attached hydrogens (tertiary/aromatic N) is 1. The second-order valence-electron chi connectivity index (χ2n) is 4.85. The van der Waals surface area contributed by atoms with Gasteiger partial charge < -0.3 is 9.47 Å². The number of hydrogen-bond acceptors (Lipinski definition) is 6. The van der Waals surface area contributed by atoms with Crippen molar-refractivity contribution in [1.29, 1.82) is 0 Å². The highest BCUT2D eigenvalue weighted by atomic mass is 32.2. The number of H-pyrrole nitrogens is 1. The number of halogens is 1. The number of methoxy groups -OCH3 is 1. The molecule has 11 heteroatoms. The number of nitrogens with one attached hydrogen (secondary N) is 2. The molecule has 1 fully saturated rings. The van der Waals surface area contributed by atoms with E-state index < -0.39 is 45.9 Å². The van der Waals surface area contributed by atoms with E-state index in [1.165, 1.54) is 7.11 Å². The van der Waals surface area contributed by atoms with E-state index in [1.807, 2.05) is 4.98 Å². The Morgan fingerprint density at radius 1 is 1.50 bits per heavy atom. The molecule has 22 heavy (non-hydrogen) atoms. The Kier molecular flexibility index (Phi) is 4.80. The van der Waals surface area contributed by atoms with Crippen LogP contribution in [0.25, 0.3) is 0 Å². The molecule has 4 atom stereocenters. The largest absolute Gasteiger partial charge is 0.375 e. The molecule has 0 aromatic carbocycles. The van der Waals surface area contributed by atoms with Crippen molar-refractivity contribution in [3.63, 3.8) is 0 Å². The molecule has 2 heterocycles. The van der Waals surface area contributed by atoms with Crippen molar-refractivity contribution in [3.05, 3.63) is 33.1 Å². The highest BCUT2D eigenvalue weighted by Crippen LogP contribution is 2.32. The Bertz CT molecular complexity index is 745. The Balaban J connectivity index is 2.24. The predicted octanol–water partition coefficient (Wildman–Crippen LogP) is -1.66.